The van der Waals surface area contributed by atoms with Gasteiger partial charge < -0.3 is 21.3 Å². The number of carboxylic acid groups (broad SMARTS) is 2. The Morgan fingerprint density at radius 1 is 1.00 bits per heavy atom. The van der Waals surface area contributed by atoms with E-state index in [4.69, 9.17) is 25.5 Å². The van der Waals surface area contributed by atoms with Crippen LogP contribution in [-0.2, 0) is 16.6 Å². The van der Waals surface area contributed by atoms with Gasteiger partial charge in [-0.25, -0.2) is 19.6 Å². The van der Waals surface area contributed by atoms with Crippen molar-refractivity contribution in [2.24, 2.45) is 18.7 Å². The molecule has 5 N–H and O–H groups in total. The van der Waals surface area contributed by atoms with E-state index in [2.05, 4.69) is 44.4 Å². The number of halogens is 7. The van der Waals surface area contributed by atoms with E-state index in [1.54, 1.807) is 29.2 Å². The van der Waals surface area contributed by atoms with E-state index in [1.165, 1.54) is 10.5 Å². The van der Waals surface area contributed by atoms with Gasteiger partial charge in [-0.1, -0.05) is 13.8 Å². The molecule has 4 rings (SSSR count). The van der Waals surface area contributed by atoms with Gasteiger partial charge in [0.15, 0.2) is 5.65 Å². The second-order valence-electron chi connectivity index (χ2n) is 9.22. The number of rotatable bonds is 7. The molecule has 0 bridgehead atoms. The van der Waals surface area contributed by atoms with Crippen molar-refractivity contribution >= 4 is 29.4 Å². The van der Waals surface area contributed by atoms with Gasteiger partial charge in [0.05, 0.1) is 11.9 Å². The number of nitrogens with zero attached hydrogens (tertiary/aromatic N) is 7. The van der Waals surface area contributed by atoms with Gasteiger partial charge in [-0.05, 0) is 24.5 Å². The van der Waals surface area contributed by atoms with Gasteiger partial charge in [0, 0.05) is 43.4 Å². The van der Waals surface area contributed by atoms with Crippen LogP contribution in [0.3, 0.4) is 0 Å². The van der Waals surface area contributed by atoms with E-state index in [9.17, 15) is 26.3 Å². The highest BCUT2D eigenvalue weighted by Gasteiger charge is 2.38. The SMILES string of the molecule is CC(C)CC(CN)c1nnc2cc(-c3ccnc(Nc4ccnn4C)n3)cc(F)n12.O=C(O)C(F)(F)F.O=C(O)C(F)(F)F. The summed E-state index contributed by atoms with van der Waals surface area (Å²) in [7, 11) is 1.81. The van der Waals surface area contributed by atoms with Crippen molar-refractivity contribution in [3.63, 3.8) is 0 Å². The van der Waals surface area contributed by atoms with Gasteiger partial charge in [0.25, 0.3) is 0 Å². The summed E-state index contributed by atoms with van der Waals surface area (Å²) in [6.07, 6.45) is -6.06. The molecule has 44 heavy (non-hydrogen) atoms. The largest absolute Gasteiger partial charge is 0.490 e. The highest BCUT2D eigenvalue weighted by atomic mass is 19.4. The van der Waals surface area contributed by atoms with E-state index in [1.807, 2.05) is 13.1 Å². The fourth-order valence-corrected chi connectivity index (χ4v) is 3.47. The summed E-state index contributed by atoms with van der Waals surface area (Å²) in [5, 5.41) is 29.9. The molecule has 4 aromatic heterocycles. The van der Waals surface area contributed by atoms with Gasteiger partial charge in [-0.15, -0.1) is 10.2 Å². The first-order valence-corrected chi connectivity index (χ1v) is 12.3. The molecule has 0 amide bonds. The van der Waals surface area contributed by atoms with Crippen molar-refractivity contribution in [2.75, 3.05) is 11.9 Å². The van der Waals surface area contributed by atoms with E-state index >= 15 is 4.39 Å². The molecule has 0 fully saturated rings. The molecule has 4 aromatic rings. The Bertz CT molecular complexity index is 1550. The molecule has 20 heteroatoms. The summed E-state index contributed by atoms with van der Waals surface area (Å²) >= 11 is 0. The minimum absolute atomic E-state index is 0.0610. The Morgan fingerprint density at radius 2 is 1.59 bits per heavy atom. The standard InChI is InChI=1S/C20H24FN9.2C2HF3O2/c1-12(2)8-14(11-22)19-28-27-18-10-13(9-16(21)30(18)19)15-4-6-23-20(25-15)26-17-5-7-24-29(17)3;2*3-2(4,5)1(6)7/h4-7,9-10,12,14H,8,11,22H2,1-3H3,(H,23,25,26);2*(H,6,7). The van der Waals surface area contributed by atoms with Crippen molar-refractivity contribution < 1.29 is 50.5 Å². The topological polar surface area (TPSA) is 186 Å². The number of nitrogens with one attached hydrogen (secondary N) is 1. The Morgan fingerprint density at radius 3 is 2.07 bits per heavy atom. The number of hydrogen-bond donors (Lipinski definition) is 4. The molecule has 1 unspecified atom stereocenters. The second-order valence-corrected chi connectivity index (χ2v) is 9.22. The molecule has 240 valence electrons. The number of aromatic nitrogens is 7. The van der Waals surface area contributed by atoms with Crippen LogP contribution in [0.15, 0.2) is 36.7 Å². The maximum atomic E-state index is 15.1. The number of hydrogen-bond acceptors (Lipinski definition) is 9. The van der Waals surface area contributed by atoms with Crippen LogP contribution in [-0.4, -0.2) is 75.4 Å². The number of fused-ring (bicyclic) bond motifs is 1. The molecule has 4 heterocycles. The van der Waals surface area contributed by atoms with E-state index in [0.717, 1.165) is 12.2 Å². The smallest absolute Gasteiger partial charge is 0.475 e. The van der Waals surface area contributed by atoms with Gasteiger partial charge in [-0.3, -0.25) is 9.08 Å². The highest BCUT2D eigenvalue weighted by Crippen LogP contribution is 2.26. The normalized spacial score (nSPS) is 12.2. The third kappa shape index (κ3) is 9.85. The summed E-state index contributed by atoms with van der Waals surface area (Å²) in [5.41, 5.74) is 7.50. The molecule has 0 aliphatic carbocycles. The zero-order chi connectivity index (χ0) is 33.4. The molecule has 0 aliphatic rings. The van der Waals surface area contributed by atoms with Crippen LogP contribution in [0.25, 0.3) is 16.9 Å². The van der Waals surface area contributed by atoms with E-state index in [0.29, 0.717) is 41.1 Å². The van der Waals surface area contributed by atoms with Crippen LogP contribution in [0.1, 0.15) is 32.0 Å². The first kappa shape index (κ1) is 35.3. The molecule has 0 spiro atoms. The van der Waals surface area contributed by atoms with Crippen molar-refractivity contribution in [2.45, 2.75) is 38.5 Å². The van der Waals surface area contributed by atoms with Crippen molar-refractivity contribution in [3.8, 4) is 11.3 Å². The fraction of sp³-hybridized carbons (Fsp3) is 0.375. The maximum absolute atomic E-state index is 15.1. The number of carboxylic acids is 2. The number of carbonyl (C=O) groups is 2. The molecule has 0 saturated heterocycles. The first-order valence-electron chi connectivity index (χ1n) is 12.3. The van der Waals surface area contributed by atoms with Crippen LogP contribution in [0.5, 0.6) is 0 Å². The Kier molecular flexibility index (Phi) is 11.7. The summed E-state index contributed by atoms with van der Waals surface area (Å²) in [5.74, 6) is -3.93. The summed E-state index contributed by atoms with van der Waals surface area (Å²) in [6, 6.07) is 6.72. The highest BCUT2D eigenvalue weighted by molar-refractivity contribution is 5.73. The average molecular weight is 638 g/mol. The molecule has 0 aromatic carbocycles. The van der Waals surface area contributed by atoms with Gasteiger partial charge >= 0.3 is 24.3 Å². The Hall–Kier alpha value is -4.88. The Labute approximate surface area is 243 Å². The minimum Gasteiger partial charge on any atom is -0.475 e. The summed E-state index contributed by atoms with van der Waals surface area (Å²) in [4.78, 5) is 26.5. The second kappa shape index (κ2) is 14.5. The van der Waals surface area contributed by atoms with Gasteiger partial charge in [0.2, 0.25) is 11.9 Å². The zero-order valence-corrected chi connectivity index (χ0v) is 23.1. The van der Waals surface area contributed by atoms with Crippen molar-refractivity contribution in [3.05, 3.63) is 48.4 Å². The fourth-order valence-electron chi connectivity index (χ4n) is 3.47. The molecular formula is C24H26F7N9O4. The van der Waals surface area contributed by atoms with Crippen LogP contribution in [0, 0.1) is 11.9 Å². The quantitative estimate of drug-likeness (QED) is 0.168. The Balaban J connectivity index is 0.000000402. The summed E-state index contributed by atoms with van der Waals surface area (Å²) < 4.78 is 81.7. The molecule has 1 atom stereocenters. The van der Waals surface area contributed by atoms with Crippen molar-refractivity contribution in [1.29, 1.82) is 0 Å². The molecule has 0 saturated carbocycles. The van der Waals surface area contributed by atoms with E-state index < -0.39 is 30.2 Å². The predicted octanol–water partition coefficient (Wildman–Crippen LogP) is 4.16. The van der Waals surface area contributed by atoms with Crippen LogP contribution < -0.4 is 11.1 Å². The molecular weight excluding hydrogens is 611 g/mol. The van der Waals surface area contributed by atoms with Crippen LogP contribution in [0.4, 0.5) is 42.5 Å². The number of anilines is 2. The number of aryl methyl sites for hydroxylation is 1. The molecule has 0 aliphatic heterocycles. The average Bonchev–Trinajstić information content (AvgIpc) is 3.53. The third-order valence-electron chi connectivity index (χ3n) is 5.39. The number of pyridine rings is 1. The lowest BCUT2D eigenvalue weighted by Crippen LogP contribution is -2.21. The van der Waals surface area contributed by atoms with E-state index in [-0.39, 0.29) is 5.92 Å². The van der Waals surface area contributed by atoms with Crippen LogP contribution in [0.2, 0.25) is 0 Å². The number of alkyl halides is 6. The monoisotopic (exact) mass is 637 g/mol. The minimum atomic E-state index is -5.08. The predicted molar refractivity (Wildman–Crippen MR) is 139 cm³/mol. The lowest BCUT2D eigenvalue weighted by Gasteiger charge is -2.15. The number of nitrogens with two attached hydrogens (primary N) is 1. The van der Waals surface area contributed by atoms with Gasteiger partial charge in [-0.2, -0.15) is 35.8 Å². The molecule has 13 nitrogen and oxygen atoms in total. The summed E-state index contributed by atoms with van der Waals surface area (Å²) in [6.45, 7) is 4.59. The maximum Gasteiger partial charge on any atom is 0.490 e. The van der Waals surface area contributed by atoms with Gasteiger partial charge in [0.1, 0.15) is 11.6 Å². The zero-order valence-electron chi connectivity index (χ0n) is 23.1. The lowest BCUT2D eigenvalue weighted by atomic mass is 9.96. The first-order chi connectivity index (χ1) is 20.3. The third-order valence-corrected chi connectivity index (χ3v) is 5.39. The van der Waals surface area contributed by atoms with Crippen molar-refractivity contribution in [1.82, 2.24) is 34.3 Å². The number of aliphatic carboxylic acids is 2. The lowest BCUT2D eigenvalue weighted by molar-refractivity contribution is -0.193. The molecule has 0 radical (unpaired) electrons. The van der Waals surface area contributed by atoms with Crippen LogP contribution >= 0.6 is 0 Å².